The van der Waals surface area contributed by atoms with E-state index in [9.17, 15) is 18.0 Å². The van der Waals surface area contributed by atoms with Gasteiger partial charge in [0.05, 0.1) is 31.4 Å². The Morgan fingerprint density at radius 2 is 1.78 bits per heavy atom. The second-order valence-electron chi connectivity index (χ2n) is 7.82. The zero-order chi connectivity index (χ0) is 23.0. The summed E-state index contributed by atoms with van der Waals surface area (Å²) in [4.78, 5) is 24.4. The van der Waals surface area contributed by atoms with Crippen molar-refractivity contribution in [1.82, 2.24) is 15.4 Å². The van der Waals surface area contributed by atoms with E-state index < -0.39 is 10.0 Å². The Morgan fingerprint density at radius 1 is 1.06 bits per heavy atom. The maximum absolute atomic E-state index is 12.5. The second-order valence-corrected chi connectivity index (χ2v) is 9.59. The number of furan rings is 1. The van der Waals surface area contributed by atoms with Crippen molar-refractivity contribution in [2.24, 2.45) is 11.8 Å². The van der Waals surface area contributed by atoms with Crippen LogP contribution in [0.1, 0.15) is 31.4 Å². The molecule has 3 N–H and O–H groups in total. The highest BCUT2D eigenvalue weighted by Crippen LogP contribution is 2.29. The maximum atomic E-state index is 12.5. The first-order chi connectivity index (χ1) is 15.4. The maximum Gasteiger partial charge on any atom is 0.240 e. The van der Waals surface area contributed by atoms with Crippen molar-refractivity contribution < 1.29 is 27.2 Å². The first-order valence-corrected chi connectivity index (χ1v) is 12.1. The third kappa shape index (κ3) is 6.83. The van der Waals surface area contributed by atoms with Crippen LogP contribution in [-0.2, 0) is 26.2 Å². The molecule has 0 bridgehead atoms. The van der Waals surface area contributed by atoms with E-state index >= 15 is 0 Å². The van der Waals surface area contributed by atoms with Crippen LogP contribution in [0.25, 0.3) is 0 Å². The van der Waals surface area contributed by atoms with Gasteiger partial charge in [-0.1, -0.05) is 0 Å². The number of ether oxygens (including phenoxy) is 1. The van der Waals surface area contributed by atoms with Gasteiger partial charge in [0.25, 0.3) is 0 Å². The van der Waals surface area contributed by atoms with Crippen LogP contribution in [0.15, 0.2) is 52.0 Å². The van der Waals surface area contributed by atoms with Gasteiger partial charge in [-0.3, -0.25) is 9.59 Å². The van der Waals surface area contributed by atoms with Crippen LogP contribution < -0.4 is 20.1 Å². The molecule has 1 saturated carbocycles. The summed E-state index contributed by atoms with van der Waals surface area (Å²) in [6.45, 7) is 0.526. The lowest BCUT2D eigenvalue weighted by Crippen LogP contribution is -2.41. The number of amides is 2. The summed E-state index contributed by atoms with van der Waals surface area (Å²) < 4.78 is 37.8. The third-order valence-corrected chi connectivity index (χ3v) is 7.05. The molecule has 2 aromatic rings. The van der Waals surface area contributed by atoms with E-state index in [-0.39, 0.29) is 41.6 Å². The molecule has 1 fully saturated rings. The van der Waals surface area contributed by atoms with E-state index in [1.54, 1.807) is 24.3 Å². The zero-order valence-corrected chi connectivity index (χ0v) is 18.8. The fourth-order valence-corrected chi connectivity index (χ4v) is 4.78. The minimum Gasteiger partial charge on any atom is -0.497 e. The number of methoxy groups -OCH3 is 1. The van der Waals surface area contributed by atoms with Gasteiger partial charge < -0.3 is 19.8 Å². The van der Waals surface area contributed by atoms with Gasteiger partial charge in [-0.25, -0.2) is 13.1 Å². The number of rotatable bonds is 10. The number of benzene rings is 1. The van der Waals surface area contributed by atoms with Crippen molar-refractivity contribution in [3.8, 4) is 5.75 Å². The molecule has 1 aromatic heterocycles. The Hall–Kier alpha value is -2.85. The van der Waals surface area contributed by atoms with Gasteiger partial charge in [0.15, 0.2) is 0 Å². The summed E-state index contributed by atoms with van der Waals surface area (Å²) in [6, 6.07) is 9.73. The molecular weight excluding hydrogens is 434 g/mol. The van der Waals surface area contributed by atoms with Crippen molar-refractivity contribution in [3.05, 3.63) is 48.4 Å². The summed E-state index contributed by atoms with van der Waals surface area (Å²) in [5.41, 5.74) is 0. The molecular formula is C22H29N3O6S. The van der Waals surface area contributed by atoms with E-state index in [0.29, 0.717) is 30.9 Å². The van der Waals surface area contributed by atoms with Gasteiger partial charge in [0.1, 0.15) is 11.5 Å². The SMILES string of the molecule is COc1ccc(S(=O)(=O)NCC2CCC(C(=O)NCC(=O)NCc3ccco3)CC2)cc1. The topological polar surface area (TPSA) is 127 Å². The first kappa shape index (κ1) is 23.8. The van der Waals surface area contributed by atoms with Crippen LogP contribution in [0.5, 0.6) is 5.75 Å². The van der Waals surface area contributed by atoms with Crippen LogP contribution >= 0.6 is 0 Å². The molecule has 0 unspecified atom stereocenters. The van der Waals surface area contributed by atoms with Crippen LogP contribution in [-0.4, -0.2) is 40.4 Å². The first-order valence-electron chi connectivity index (χ1n) is 10.6. The summed E-state index contributed by atoms with van der Waals surface area (Å²) in [6.07, 6.45) is 4.34. The monoisotopic (exact) mass is 463 g/mol. The molecule has 32 heavy (non-hydrogen) atoms. The molecule has 3 rings (SSSR count). The predicted molar refractivity (Wildman–Crippen MR) is 117 cm³/mol. The normalized spacial score (nSPS) is 18.7. The molecule has 1 heterocycles. The highest BCUT2D eigenvalue weighted by molar-refractivity contribution is 7.89. The van der Waals surface area contributed by atoms with Gasteiger partial charge in [-0.05, 0) is 68.0 Å². The number of carbonyl (C=O) groups is 2. The van der Waals surface area contributed by atoms with Gasteiger partial charge in [0, 0.05) is 12.5 Å². The summed E-state index contributed by atoms with van der Waals surface area (Å²) in [7, 11) is -2.07. The highest BCUT2D eigenvalue weighted by atomic mass is 32.2. The molecule has 2 amide bonds. The molecule has 0 saturated heterocycles. The largest absolute Gasteiger partial charge is 0.497 e. The second kappa shape index (κ2) is 11.1. The number of sulfonamides is 1. The lowest BCUT2D eigenvalue weighted by atomic mass is 9.81. The van der Waals surface area contributed by atoms with Crippen molar-refractivity contribution >= 4 is 21.8 Å². The van der Waals surface area contributed by atoms with Gasteiger partial charge in [-0.15, -0.1) is 0 Å². The Morgan fingerprint density at radius 3 is 2.41 bits per heavy atom. The van der Waals surface area contributed by atoms with Gasteiger partial charge >= 0.3 is 0 Å². The zero-order valence-electron chi connectivity index (χ0n) is 18.0. The molecule has 0 atom stereocenters. The molecule has 1 aliphatic carbocycles. The fourth-order valence-electron chi connectivity index (χ4n) is 3.67. The van der Waals surface area contributed by atoms with E-state index in [1.165, 1.54) is 25.5 Å². The van der Waals surface area contributed by atoms with Crippen LogP contribution in [0, 0.1) is 11.8 Å². The Bertz CT molecular complexity index is 981. The van der Waals surface area contributed by atoms with E-state index in [0.717, 1.165) is 12.8 Å². The van der Waals surface area contributed by atoms with Crippen LogP contribution in [0.3, 0.4) is 0 Å². The minimum absolute atomic E-state index is 0.0822. The minimum atomic E-state index is -3.59. The summed E-state index contributed by atoms with van der Waals surface area (Å²) in [5.74, 6) is 0.818. The molecule has 0 aliphatic heterocycles. The number of carbonyl (C=O) groups excluding carboxylic acids is 2. The van der Waals surface area contributed by atoms with E-state index in [4.69, 9.17) is 9.15 Å². The average molecular weight is 464 g/mol. The summed E-state index contributed by atoms with van der Waals surface area (Å²) in [5, 5.41) is 5.36. The molecule has 1 aromatic carbocycles. The van der Waals surface area contributed by atoms with E-state index in [1.807, 2.05) is 0 Å². The van der Waals surface area contributed by atoms with Crippen molar-refractivity contribution in [2.75, 3.05) is 20.2 Å². The van der Waals surface area contributed by atoms with Gasteiger partial charge in [-0.2, -0.15) is 0 Å². The van der Waals surface area contributed by atoms with Gasteiger partial charge in [0.2, 0.25) is 21.8 Å². The Kier molecular flexibility index (Phi) is 8.29. The van der Waals surface area contributed by atoms with Crippen molar-refractivity contribution in [2.45, 2.75) is 37.1 Å². The molecule has 0 radical (unpaired) electrons. The van der Waals surface area contributed by atoms with Crippen LogP contribution in [0.4, 0.5) is 0 Å². The number of hydrogen-bond donors (Lipinski definition) is 3. The molecule has 0 spiro atoms. The lowest BCUT2D eigenvalue weighted by molar-refractivity contribution is -0.129. The molecule has 174 valence electrons. The van der Waals surface area contributed by atoms with E-state index in [2.05, 4.69) is 15.4 Å². The van der Waals surface area contributed by atoms with Crippen LogP contribution in [0.2, 0.25) is 0 Å². The Balaban J connectivity index is 1.35. The lowest BCUT2D eigenvalue weighted by Gasteiger charge is -2.27. The third-order valence-electron chi connectivity index (χ3n) is 5.61. The Labute approximate surface area is 188 Å². The highest BCUT2D eigenvalue weighted by Gasteiger charge is 2.27. The molecule has 9 nitrogen and oxygen atoms in total. The fraction of sp³-hybridized carbons (Fsp3) is 0.455. The smallest absolute Gasteiger partial charge is 0.240 e. The van der Waals surface area contributed by atoms with Crippen molar-refractivity contribution in [1.29, 1.82) is 0 Å². The molecule has 10 heteroatoms. The summed E-state index contributed by atoms with van der Waals surface area (Å²) >= 11 is 0. The number of nitrogens with one attached hydrogen (secondary N) is 3. The number of hydrogen-bond acceptors (Lipinski definition) is 6. The standard InChI is InChI=1S/C22H29N3O6S/c1-30-18-8-10-20(11-9-18)32(28,29)25-13-16-4-6-17(7-5-16)22(27)24-15-21(26)23-14-19-3-2-12-31-19/h2-3,8-12,16-17,25H,4-7,13-15H2,1H3,(H,23,26)(H,24,27). The quantitative estimate of drug-likeness (QED) is 0.493. The average Bonchev–Trinajstić information content (AvgIpc) is 3.34. The van der Waals surface area contributed by atoms with Crippen molar-refractivity contribution in [3.63, 3.8) is 0 Å². The predicted octanol–water partition coefficient (Wildman–Crippen LogP) is 1.81. The molecule has 1 aliphatic rings.